The van der Waals surface area contributed by atoms with Gasteiger partial charge >= 0.3 is 0 Å². The summed E-state index contributed by atoms with van der Waals surface area (Å²) in [7, 11) is 1.78. The molecule has 2 aromatic carbocycles. The fourth-order valence-corrected chi connectivity index (χ4v) is 3.34. The number of hydrogen-bond acceptors (Lipinski definition) is 5. The number of anilines is 3. The molecule has 1 aromatic heterocycles. The van der Waals surface area contributed by atoms with E-state index in [4.69, 9.17) is 0 Å². The van der Waals surface area contributed by atoms with Crippen LogP contribution < -0.4 is 16.0 Å². The molecule has 0 saturated heterocycles. The number of nitrogens with zero attached hydrogens (tertiary/aromatic N) is 2. The highest BCUT2D eigenvalue weighted by molar-refractivity contribution is 6.06. The van der Waals surface area contributed by atoms with Gasteiger partial charge in [-0.15, -0.1) is 0 Å². The van der Waals surface area contributed by atoms with Crippen molar-refractivity contribution in [2.24, 2.45) is 0 Å². The van der Waals surface area contributed by atoms with Crippen LogP contribution in [0.5, 0.6) is 0 Å². The van der Waals surface area contributed by atoms with Gasteiger partial charge in [-0.05, 0) is 49.6 Å². The van der Waals surface area contributed by atoms with Gasteiger partial charge in [-0.3, -0.25) is 9.59 Å². The summed E-state index contributed by atoms with van der Waals surface area (Å²) in [6, 6.07) is 16.4. The Balaban J connectivity index is 1.53. The minimum Gasteiger partial charge on any atom is -0.373 e. The Hall–Kier alpha value is -3.74. The van der Waals surface area contributed by atoms with Crippen LogP contribution in [-0.2, 0) is 10.2 Å². The average molecular weight is 401 g/mol. The lowest BCUT2D eigenvalue weighted by Crippen LogP contribution is -2.29. The van der Waals surface area contributed by atoms with Gasteiger partial charge in [0.15, 0.2) is 0 Å². The van der Waals surface area contributed by atoms with Gasteiger partial charge in [0.1, 0.15) is 12.1 Å². The molecule has 0 bridgehead atoms. The predicted octanol–water partition coefficient (Wildman–Crippen LogP) is 3.75. The van der Waals surface area contributed by atoms with E-state index in [0.717, 1.165) is 24.1 Å². The summed E-state index contributed by atoms with van der Waals surface area (Å²) in [5.74, 6) is 0.328. The number of hydrogen-bond donors (Lipinski definition) is 3. The van der Waals surface area contributed by atoms with Gasteiger partial charge in [0, 0.05) is 30.1 Å². The Bertz CT molecular complexity index is 1090. The third kappa shape index (κ3) is 3.87. The molecule has 0 atom stereocenters. The lowest BCUT2D eigenvalue weighted by atomic mass is 10.00. The molecule has 1 fully saturated rings. The summed E-state index contributed by atoms with van der Waals surface area (Å²) in [6.45, 7) is 1.90. The second-order valence-electron chi connectivity index (χ2n) is 7.42. The van der Waals surface area contributed by atoms with Crippen LogP contribution >= 0.6 is 0 Å². The number of para-hydroxylation sites is 1. The maximum atomic E-state index is 13.1. The highest BCUT2D eigenvalue weighted by Crippen LogP contribution is 2.48. The molecule has 3 aromatic rings. The van der Waals surface area contributed by atoms with Gasteiger partial charge in [0.05, 0.1) is 11.1 Å². The number of benzene rings is 2. The van der Waals surface area contributed by atoms with Crippen molar-refractivity contribution >= 4 is 29.0 Å². The number of amides is 2. The van der Waals surface area contributed by atoms with Crippen molar-refractivity contribution in [2.75, 3.05) is 23.0 Å². The van der Waals surface area contributed by atoms with Crippen molar-refractivity contribution in [3.63, 3.8) is 0 Å². The maximum Gasteiger partial charge on any atom is 0.255 e. The molecule has 1 heterocycles. The van der Waals surface area contributed by atoms with E-state index in [1.54, 1.807) is 19.2 Å². The zero-order valence-electron chi connectivity index (χ0n) is 16.9. The molecule has 30 heavy (non-hydrogen) atoms. The first-order valence-electron chi connectivity index (χ1n) is 9.81. The van der Waals surface area contributed by atoms with Crippen LogP contribution in [-0.4, -0.2) is 28.8 Å². The first-order chi connectivity index (χ1) is 14.5. The maximum absolute atomic E-state index is 13.1. The van der Waals surface area contributed by atoms with E-state index >= 15 is 0 Å². The number of carbonyl (C=O) groups excluding carboxylic acids is 2. The number of aromatic nitrogens is 2. The molecule has 1 saturated carbocycles. The average Bonchev–Trinajstić information content (AvgIpc) is 3.58. The van der Waals surface area contributed by atoms with Crippen molar-refractivity contribution in [3.05, 3.63) is 77.7 Å². The Labute approximate surface area is 175 Å². The van der Waals surface area contributed by atoms with Crippen LogP contribution in [0.2, 0.25) is 0 Å². The Morgan fingerprint density at radius 3 is 2.43 bits per heavy atom. The number of carbonyl (C=O) groups is 2. The minimum absolute atomic E-state index is 0.119. The van der Waals surface area contributed by atoms with Crippen molar-refractivity contribution in [1.82, 2.24) is 9.97 Å². The second-order valence-corrected chi connectivity index (χ2v) is 7.42. The molecule has 0 spiro atoms. The molecule has 152 valence electrons. The number of aryl methyl sites for hydroxylation is 1. The molecule has 0 radical (unpaired) electrons. The van der Waals surface area contributed by atoms with Crippen molar-refractivity contribution in [3.8, 4) is 0 Å². The molecule has 3 N–H and O–H groups in total. The molecular weight excluding hydrogens is 378 g/mol. The van der Waals surface area contributed by atoms with Gasteiger partial charge in [0.2, 0.25) is 5.91 Å². The monoisotopic (exact) mass is 401 g/mol. The molecule has 1 aliphatic rings. The summed E-state index contributed by atoms with van der Waals surface area (Å²) in [5.41, 5.74) is 2.75. The van der Waals surface area contributed by atoms with Crippen LogP contribution in [0.3, 0.4) is 0 Å². The van der Waals surface area contributed by atoms with Gasteiger partial charge in [0.25, 0.3) is 5.91 Å². The SMILES string of the molecule is CNc1cc(C2(C(=O)Nc3cc(C(=O)Nc4ccccc4)ccc3C)CC2)ncn1. The second kappa shape index (κ2) is 7.94. The van der Waals surface area contributed by atoms with E-state index in [9.17, 15) is 9.59 Å². The van der Waals surface area contributed by atoms with Crippen LogP contribution in [0.4, 0.5) is 17.2 Å². The van der Waals surface area contributed by atoms with Gasteiger partial charge in [-0.1, -0.05) is 24.3 Å². The van der Waals surface area contributed by atoms with E-state index in [-0.39, 0.29) is 11.8 Å². The molecule has 0 aliphatic heterocycles. The van der Waals surface area contributed by atoms with Crippen LogP contribution in [0.25, 0.3) is 0 Å². The first kappa shape index (κ1) is 19.6. The molecule has 2 amide bonds. The molecule has 4 rings (SSSR count). The fourth-order valence-electron chi connectivity index (χ4n) is 3.34. The Morgan fingerprint density at radius 1 is 0.967 bits per heavy atom. The van der Waals surface area contributed by atoms with Crippen LogP contribution in [0, 0.1) is 6.92 Å². The lowest BCUT2D eigenvalue weighted by Gasteiger charge is -2.17. The number of rotatable bonds is 6. The summed E-state index contributed by atoms with van der Waals surface area (Å²) in [5, 5.41) is 8.85. The van der Waals surface area contributed by atoms with Crippen LogP contribution in [0.15, 0.2) is 60.9 Å². The topological polar surface area (TPSA) is 96.0 Å². The van der Waals surface area contributed by atoms with E-state index in [0.29, 0.717) is 22.8 Å². The summed E-state index contributed by atoms with van der Waals surface area (Å²) < 4.78 is 0. The normalized spacial score (nSPS) is 13.9. The summed E-state index contributed by atoms with van der Waals surface area (Å²) in [6.07, 6.45) is 2.92. The smallest absolute Gasteiger partial charge is 0.255 e. The third-order valence-corrected chi connectivity index (χ3v) is 5.38. The summed E-state index contributed by atoms with van der Waals surface area (Å²) in [4.78, 5) is 34.2. The minimum atomic E-state index is -0.650. The third-order valence-electron chi connectivity index (χ3n) is 5.38. The Morgan fingerprint density at radius 2 is 1.73 bits per heavy atom. The zero-order chi connectivity index (χ0) is 21.1. The molecular formula is C23H23N5O2. The van der Waals surface area contributed by atoms with Gasteiger partial charge in [-0.2, -0.15) is 0 Å². The fraction of sp³-hybridized carbons (Fsp3) is 0.217. The zero-order valence-corrected chi connectivity index (χ0v) is 16.9. The highest BCUT2D eigenvalue weighted by Gasteiger charge is 2.53. The summed E-state index contributed by atoms with van der Waals surface area (Å²) >= 11 is 0. The van der Waals surface area contributed by atoms with E-state index in [2.05, 4.69) is 25.9 Å². The first-order valence-corrected chi connectivity index (χ1v) is 9.81. The Kier molecular flexibility index (Phi) is 5.18. The van der Waals surface area contributed by atoms with E-state index < -0.39 is 5.41 Å². The molecule has 1 aliphatic carbocycles. The standard InChI is InChI=1S/C23H23N5O2/c1-15-8-9-16(21(29)27-17-6-4-3-5-7-17)12-18(15)28-22(30)23(10-11-23)19-13-20(24-2)26-14-25-19/h3-9,12-14H,10-11H2,1-2H3,(H,27,29)(H,28,30)(H,24,25,26). The van der Waals surface area contributed by atoms with Gasteiger partial charge < -0.3 is 16.0 Å². The molecule has 7 nitrogen and oxygen atoms in total. The number of nitrogens with one attached hydrogen (secondary N) is 3. The van der Waals surface area contributed by atoms with Gasteiger partial charge in [-0.25, -0.2) is 9.97 Å². The van der Waals surface area contributed by atoms with Crippen LogP contribution in [0.1, 0.15) is 34.5 Å². The lowest BCUT2D eigenvalue weighted by molar-refractivity contribution is -0.118. The van der Waals surface area contributed by atoms with E-state index in [1.807, 2.05) is 49.4 Å². The quantitative estimate of drug-likeness (QED) is 0.585. The van der Waals surface area contributed by atoms with Crippen molar-refractivity contribution in [2.45, 2.75) is 25.2 Å². The molecule has 0 unspecified atom stereocenters. The van der Waals surface area contributed by atoms with Crippen molar-refractivity contribution < 1.29 is 9.59 Å². The highest BCUT2D eigenvalue weighted by atomic mass is 16.2. The predicted molar refractivity (Wildman–Crippen MR) is 117 cm³/mol. The largest absolute Gasteiger partial charge is 0.373 e. The van der Waals surface area contributed by atoms with E-state index in [1.165, 1.54) is 6.33 Å². The molecule has 7 heteroatoms. The van der Waals surface area contributed by atoms with Crippen molar-refractivity contribution in [1.29, 1.82) is 0 Å².